The van der Waals surface area contributed by atoms with Crippen molar-refractivity contribution >= 4 is 22.9 Å². The number of hydrogen-bond acceptors (Lipinski definition) is 4. The summed E-state index contributed by atoms with van der Waals surface area (Å²) in [5.74, 6) is 0. The number of ether oxygens (including phenoxy) is 1. The van der Waals surface area contributed by atoms with Gasteiger partial charge >= 0.3 is 0 Å². The highest BCUT2D eigenvalue weighted by molar-refractivity contribution is 7.80. The number of rotatable bonds is 6. The Morgan fingerprint density at radius 2 is 2.44 bits per heavy atom. The molecule has 0 bridgehead atoms. The van der Waals surface area contributed by atoms with E-state index in [0.29, 0.717) is 16.7 Å². The Morgan fingerprint density at radius 3 is 3.06 bits per heavy atom. The Morgan fingerprint density at radius 1 is 1.69 bits per heavy atom. The second-order valence-electron chi connectivity index (χ2n) is 3.62. The van der Waals surface area contributed by atoms with E-state index in [9.17, 15) is 0 Å². The molecule has 0 aliphatic rings. The topological polar surface area (TPSA) is 60.2 Å². The van der Waals surface area contributed by atoms with E-state index in [2.05, 4.69) is 17.2 Å². The third-order valence-electron chi connectivity index (χ3n) is 2.18. The van der Waals surface area contributed by atoms with Crippen molar-refractivity contribution in [2.45, 2.75) is 19.4 Å². The van der Waals surface area contributed by atoms with E-state index in [1.54, 1.807) is 13.3 Å². The SMILES string of the molecule is COCCC(C)Nc1ccnc(C(N)=S)c1. The van der Waals surface area contributed by atoms with Crippen LogP contribution in [0, 0.1) is 0 Å². The highest BCUT2D eigenvalue weighted by atomic mass is 32.1. The number of hydrogen-bond donors (Lipinski definition) is 2. The molecule has 0 aliphatic carbocycles. The minimum absolute atomic E-state index is 0.313. The van der Waals surface area contributed by atoms with Gasteiger partial charge in [-0.3, -0.25) is 4.98 Å². The first-order valence-corrected chi connectivity index (χ1v) is 5.55. The normalized spacial score (nSPS) is 12.1. The highest BCUT2D eigenvalue weighted by Gasteiger charge is 2.03. The molecule has 1 unspecified atom stereocenters. The van der Waals surface area contributed by atoms with Crippen LogP contribution in [-0.4, -0.2) is 29.7 Å². The number of pyridine rings is 1. The van der Waals surface area contributed by atoms with E-state index >= 15 is 0 Å². The maximum atomic E-state index is 5.51. The van der Waals surface area contributed by atoms with Crippen LogP contribution >= 0.6 is 12.2 Å². The van der Waals surface area contributed by atoms with E-state index in [0.717, 1.165) is 18.7 Å². The van der Waals surface area contributed by atoms with Crippen LogP contribution in [0.4, 0.5) is 5.69 Å². The third kappa shape index (κ3) is 4.12. The molecule has 88 valence electrons. The molecule has 1 aromatic heterocycles. The smallest absolute Gasteiger partial charge is 0.122 e. The minimum atomic E-state index is 0.313. The molecule has 0 radical (unpaired) electrons. The second-order valence-corrected chi connectivity index (χ2v) is 4.06. The predicted molar refractivity (Wildman–Crippen MR) is 69.7 cm³/mol. The van der Waals surface area contributed by atoms with Gasteiger partial charge in [-0.1, -0.05) is 12.2 Å². The lowest BCUT2D eigenvalue weighted by atomic mass is 10.2. The van der Waals surface area contributed by atoms with Gasteiger partial charge in [-0.2, -0.15) is 0 Å². The molecule has 0 spiro atoms. The molecule has 1 heterocycles. The molecule has 3 N–H and O–H groups in total. The molecule has 5 heteroatoms. The molecule has 0 aliphatic heterocycles. The maximum Gasteiger partial charge on any atom is 0.122 e. The zero-order valence-electron chi connectivity index (χ0n) is 9.56. The standard InChI is InChI=1S/C11H17N3OS/c1-8(4-6-15-2)14-9-3-5-13-10(7-9)11(12)16/h3,5,7-8H,4,6H2,1-2H3,(H2,12,16)(H,13,14). The quantitative estimate of drug-likeness (QED) is 0.738. The van der Waals surface area contributed by atoms with Crippen LogP contribution < -0.4 is 11.1 Å². The van der Waals surface area contributed by atoms with Crippen molar-refractivity contribution in [1.82, 2.24) is 4.98 Å². The van der Waals surface area contributed by atoms with Gasteiger partial charge in [0.1, 0.15) is 4.99 Å². The number of methoxy groups -OCH3 is 1. The first kappa shape index (κ1) is 12.9. The fourth-order valence-electron chi connectivity index (χ4n) is 1.31. The highest BCUT2D eigenvalue weighted by Crippen LogP contribution is 2.10. The Balaban J connectivity index is 2.59. The summed E-state index contributed by atoms with van der Waals surface area (Å²) in [6.07, 6.45) is 2.64. The number of aromatic nitrogens is 1. The van der Waals surface area contributed by atoms with Gasteiger partial charge < -0.3 is 15.8 Å². The van der Waals surface area contributed by atoms with Crippen molar-refractivity contribution in [2.24, 2.45) is 5.73 Å². The Kier molecular flexibility index (Phi) is 5.14. The first-order chi connectivity index (χ1) is 7.63. The van der Waals surface area contributed by atoms with Gasteiger partial charge in [0.05, 0.1) is 5.69 Å². The van der Waals surface area contributed by atoms with Crippen molar-refractivity contribution in [3.63, 3.8) is 0 Å². The number of nitrogens with two attached hydrogens (primary N) is 1. The van der Waals surface area contributed by atoms with Gasteiger partial charge in [0, 0.05) is 31.6 Å². The van der Waals surface area contributed by atoms with Crippen molar-refractivity contribution in [3.8, 4) is 0 Å². The molecule has 16 heavy (non-hydrogen) atoms. The Bertz CT molecular complexity index is 357. The molecule has 1 aromatic rings. The Hall–Kier alpha value is -1.20. The van der Waals surface area contributed by atoms with Gasteiger partial charge in [-0.15, -0.1) is 0 Å². The molecule has 0 aromatic carbocycles. The third-order valence-corrected chi connectivity index (χ3v) is 2.39. The maximum absolute atomic E-state index is 5.51. The minimum Gasteiger partial charge on any atom is -0.388 e. The van der Waals surface area contributed by atoms with Gasteiger partial charge in [-0.05, 0) is 25.5 Å². The van der Waals surface area contributed by atoms with E-state index < -0.39 is 0 Å². The summed E-state index contributed by atoms with van der Waals surface area (Å²) in [6, 6.07) is 4.08. The lowest BCUT2D eigenvalue weighted by Gasteiger charge is -2.14. The number of nitrogens with zero attached hydrogens (tertiary/aromatic N) is 1. The van der Waals surface area contributed by atoms with E-state index in [-0.39, 0.29) is 0 Å². The van der Waals surface area contributed by atoms with Gasteiger partial charge in [0.15, 0.2) is 0 Å². The van der Waals surface area contributed by atoms with Crippen LogP contribution in [0.25, 0.3) is 0 Å². The van der Waals surface area contributed by atoms with Crippen molar-refractivity contribution in [3.05, 3.63) is 24.0 Å². The molecule has 0 fully saturated rings. The first-order valence-electron chi connectivity index (χ1n) is 5.15. The van der Waals surface area contributed by atoms with Crippen LogP contribution in [0.2, 0.25) is 0 Å². The second kappa shape index (κ2) is 6.40. The average molecular weight is 239 g/mol. The van der Waals surface area contributed by atoms with Crippen LogP contribution in [0.1, 0.15) is 19.0 Å². The number of anilines is 1. The molecule has 0 saturated heterocycles. The molecular formula is C11H17N3OS. The zero-order chi connectivity index (χ0) is 12.0. The fourth-order valence-corrected chi connectivity index (χ4v) is 1.42. The molecule has 1 atom stereocenters. The Labute approximate surface area is 101 Å². The summed E-state index contributed by atoms with van der Waals surface area (Å²) in [5, 5.41) is 3.34. The lowest BCUT2D eigenvalue weighted by molar-refractivity contribution is 0.191. The molecule has 0 saturated carbocycles. The molecule has 1 rings (SSSR count). The average Bonchev–Trinajstić information content (AvgIpc) is 2.26. The van der Waals surface area contributed by atoms with Crippen molar-refractivity contribution in [2.75, 3.05) is 19.0 Å². The summed E-state index contributed by atoms with van der Waals surface area (Å²) in [6.45, 7) is 2.83. The van der Waals surface area contributed by atoms with Crippen molar-refractivity contribution in [1.29, 1.82) is 0 Å². The van der Waals surface area contributed by atoms with Crippen LogP contribution in [0.15, 0.2) is 18.3 Å². The number of nitrogens with one attached hydrogen (secondary N) is 1. The number of thiocarbonyl (C=S) groups is 1. The van der Waals surface area contributed by atoms with E-state index in [1.165, 1.54) is 0 Å². The monoisotopic (exact) mass is 239 g/mol. The van der Waals surface area contributed by atoms with Gasteiger partial charge in [0.2, 0.25) is 0 Å². The van der Waals surface area contributed by atoms with Crippen LogP contribution in [0.3, 0.4) is 0 Å². The van der Waals surface area contributed by atoms with Crippen LogP contribution in [0.5, 0.6) is 0 Å². The van der Waals surface area contributed by atoms with Gasteiger partial charge in [0.25, 0.3) is 0 Å². The summed E-state index contributed by atoms with van der Waals surface area (Å²) in [7, 11) is 1.70. The molecular weight excluding hydrogens is 222 g/mol. The predicted octanol–water partition coefficient (Wildman–Crippen LogP) is 1.55. The summed E-state index contributed by atoms with van der Waals surface area (Å²) in [4.78, 5) is 4.39. The lowest BCUT2D eigenvalue weighted by Crippen LogP contribution is -2.18. The van der Waals surface area contributed by atoms with E-state index in [1.807, 2.05) is 12.1 Å². The van der Waals surface area contributed by atoms with Gasteiger partial charge in [-0.25, -0.2) is 0 Å². The molecule has 0 amide bonds. The fraction of sp³-hybridized carbons (Fsp3) is 0.455. The molecule has 4 nitrogen and oxygen atoms in total. The zero-order valence-corrected chi connectivity index (χ0v) is 10.4. The van der Waals surface area contributed by atoms with E-state index in [4.69, 9.17) is 22.7 Å². The van der Waals surface area contributed by atoms with Crippen molar-refractivity contribution < 1.29 is 4.74 Å². The largest absolute Gasteiger partial charge is 0.388 e. The van der Waals surface area contributed by atoms with Crippen LogP contribution in [-0.2, 0) is 4.74 Å². The summed E-state index contributed by atoms with van der Waals surface area (Å²) < 4.78 is 5.02. The summed E-state index contributed by atoms with van der Waals surface area (Å²) >= 11 is 4.87. The summed E-state index contributed by atoms with van der Waals surface area (Å²) in [5.41, 5.74) is 7.13.